The Labute approximate surface area is 96.0 Å². The van der Waals surface area contributed by atoms with Crippen molar-refractivity contribution in [1.82, 2.24) is 14.9 Å². The highest BCUT2D eigenvalue weighted by atomic mass is 16.1. The molecule has 90 valence electrons. The van der Waals surface area contributed by atoms with Crippen molar-refractivity contribution in [3.05, 3.63) is 18.2 Å². The number of hydrogen-bond donors (Lipinski definition) is 2. The molecule has 5 heteroatoms. The molecule has 0 aromatic carbocycles. The molecule has 1 aromatic rings. The van der Waals surface area contributed by atoms with Crippen LogP contribution in [0.15, 0.2) is 12.5 Å². The molecule has 1 unspecified atom stereocenters. The molecule has 0 saturated carbocycles. The van der Waals surface area contributed by atoms with E-state index in [2.05, 4.69) is 24.1 Å². The number of aromatic nitrogens is 2. The van der Waals surface area contributed by atoms with Gasteiger partial charge in [-0.05, 0) is 19.4 Å². The summed E-state index contributed by atoms with van der Waals surface area (Å²) in [7, 11) is 0. The third-order valence-electron chi connectivity index (χ3n) is 2.43. The molecule has 5 nitrogen and oxygen atoms in total. The highest BCUT2D eigenvalue weighted by Crippen LogP contribution is 2.09. The van der Waals surface area contributed by atoms with Crippen molar-refractivity contribution in [2.45, 2.75) is 33.4 Å². The molecule has 1 aromatic heterocycles. The van der Waals surface area contributed by atoms with Crippen molar-refractivity contribution in [2.75, 3.05) is 6.54 Å². The molecule has 0 bridgehead atoms. The van der Waals surface area contributed by atoms with Gasteiger partial charge in [0.05, 0.1) is 12.0 Å². The molecule has 0 aliphatic carbocycles. The number of carbonyl (C=O) groups excluding carboxylic acids is 1. The Morgan fingerprint density at radius 1 is 1.56 bits per heavy atom. The van der Waals surface area contributed by atoms with Gasteiger partial charge in [0.15, 0.2) is 0 Å². The van der Waals surface area contributed by atoms with Crippen molar-refractivity contribution >= 4 is 5.91 Å². The summed E-state index contributed by atoms with van der Waals surface area (Å²) in [5, 5.41) is 3.31. The smallest absolute Gasteiger partial charge is 0.240 e. The minimum Gasteiger partial charge on any atom is -0.368 e. The summed E-state index contributed by atoms with van der Waals surface area (Å²) in [5.41, 5.74) is 6.24. The van der Waals surface area contributed by atoms with Gasteiger partial charge in [0.25, 0.3) is 0 Å². The van der Waals surface area contributed by atoms with Gasteiger partial charge in [-0.2, -0.15) is 0 Å². The average molecular weight is 224 g/mol. The first-order chi connectivity index (χ1) is 7.52. The zero-order valence-corrected chi connectivity index (χ0v) is 10.1. The maximum atomic E-state index is 11.1. The summed E-state index contributed by atoms with van der Waals surface area (Å²) in [5.74, 6) is 0.257. The highest BCUT2D eigenvalue weighted by molar-refractivity contribution is 5.77. The maximum Gasteiger partial charge on any atom is 0.240 e. The van der Waals surface area contributed by atoms with Crippen molar-refractivity contribution < 1.29 is 4.79 Å². The van der Waals surface area contributed by atoms with Crippen molar-refractivity contribution in [3.63, 3.8) is 0 Å². The fraction of sp³-hybridized carbons (Fsp3) is 0.636. The van der Waals surface area contributed by atoms with E-state index < -0.39 is 0 Å². The number of primary amides is 1. The van der Waals surface area contributed by atoms with Crippen LogP contribution in [0.4, 0.5) is 0 Å². The van der Waals surface area contributed by atoms with Gasteiger partial charge in [-0.3, -0.25) is 4.79 Å². The van der Waals surface area contributed by atoms with Gasteiger partial charge >= 0.3 is 0 Å². The molecule has 0 spiro atoms. The Balaban J connectivity index is 2.60. The van der Waals surface area contributed by atoms with Gasteiger partial charge in [0.2, 0.25) is 5.91 Å². The molecular formula is C11H20N4O. The third kappa shape index (κ3) is 3.34. The Kier molecular flexibility index (Phi) is 4.49. The van der Waals surface area contributed by atoms with Crippen molar-refractivity contribution in [3.8, 4) is 0 Å². The summed E-state index contributed by atoms with van der Waals surface area (Å²) in [6, 6.07) is -0.349. The molecule has 0 radical (unpaired) electrons. The number of imidazole rings is 1. The van der Waals surface area contributed by atoms with Crippen LogP contribution in [0.25, 0.3) is 0 Å². The molecule has 1 rings (SSSR count). The van der Waals surface area contributed by atoms with E-state index >= 15 is 0 Å². The number of nitrogens with one attached hydrogen (secondary N) is 1. The minimum absolute atomic E-state index is 0.344. The van der Waals surface area contributed by atoms with Crippen LogP contribution in [0.1, 0.15) is 32.5 Å². The molecule has 16 heavy (non-hydrogen) atoms. The number of nitrogens with zero attached hydrogens (tertiary/aromatic N) is 2. The first-order valence-electron chi connectivity index (χ1n) is 5.53. The van der Waals surface area contributed by atoms with E-state index in [0.717, 1.165) is 12.2 Å². The normalized spacial score (nSPS) is 13.0. The monoisotopic (exact) mass is 224 g/mol. The van der Waals surface area contributed by atoms with Crippen molar-refractivity contribution in [1.29, 1.82) is 0 Å². The van der Waals surface area contributed by atoms with Crippen LogP contribution in [-0.4, -0.2) is 22.0 Å². The third-order valence-corrected chi connectivity index (χ3v) is 2.43. The Morgan fingerprint density at radius 3 is 2.81 bits per heavy atom. The predicted octanol–water partition coefficient (Wildman–Crippen LogP) is 0.675. The van der Waals surface area contributed by atoms with Gasteiger partial charge in [-0.25, -0.2) is 4.98 Å². The molecule has 0 aliphatic rings. The lowest BCUT2D eigenvalue weighted by atomic mass is 10.2. The van der Waals surface area contributed by atoms with Crippen molar-refractivity contribution in [2.24, 2.45) is 11.7 Å². The second-order valence-electron chi connectivity index (χ2n) is 4.40. The zero-order chi connectivity index (χ0) is 12.1. The first-order valence-corrected chi connectivity index (χ1v) is 5.53. The standard InChI is InChI=1S/C11H20N4O/c1-8(2)4-13-5-10-6-14-7-15(10)9(3)11(12)16/h6-9,13H,4-5H2,1-3H3,(H2,12,16). The van der Waals surface area contributed by atoms with Gasteiger partial charge in [-0.15, -0.1) is 0 Å². The van der Waals surface area contributed by atoms with Crippen LogP contribution < -0.4 is 11.1 Å². The quantitative estimate of drug-likeness (QED) is 0.746. The van der Waals surface area contributed by atoms with Gasteiger partial charge in [0.1, 0.15) is 6.04 Å². The SMILES string of the molecule is CC(C)CNCc1cncn1C(C)C(N)=O. The van der Waals surface area contributed by atoms with E-state index in [1.54, 1.807) is 24.0 Å². The van der Waals surface area contributed by atoms with Crippen LogP contribution in [-0.2, 0) is 11.3 Å². The summed E-state index contributed by atoms with van der Waals surface area (Å²) < 4.78 is 1.80. The van der Waals surface area contributed by atoms with Crippen LogP contribution in [0, 0.1) is 5.92 Å². The molecule has 0 saturated heterocycles. The summed E-state index contributed by atoms with van der Waals surface area (Å²) in [6.45, 7) is 7.72. The molecule has 0 fully saturated rings. The van der Waals surface area contributed by atoms with E-state index in [1.165, 1.54) is 0 Å². The van der Waals surface area contributed by atoms with E-state index in [1.807, 2.05) is 0 Å². The zero-order valence-electron chi connectivity index (χ0n) is 10.1. The van der Waals surface area contributed by atoms with Crippen LogP contribution in [0.3, 0.4) is 0 Å². The van der Waals surface area contributed by atoms with Gasteiger partial charge in [-0.1, -0.05) is 13.8 Å². The first kappa shape index (κ1) is 12.7. The number of carbonyl (C=O) groups is 1. The fourth-order valence-electron chi connectivity index (χ4n) is 1.44. The summed E-state index contributed by atoms with van der Waals surface area (Å²) in [6.07, 6.45) is 3.40. The molecule has 1 heterocycles. The van der Waals surface area contributed by atoms with Crippen LogP contribution >= 0.6 is 0 Å². The molecular weight excluding hydrogens is 204 g/mol. The molecule has 1 atom stereocenters. The Bertz CT molecular complexity index is 346. The second kappa shape index (κ2) is 5.65. The average Bonchev–Trinajstić information content (AvgIpc) is 2.64. The Hall–Kier alpha value is -1.36. The minimum atomic E-state index is -0.349. The van der Waals surface area contributed by atoms with E-state index in [9.17, 15) is 4.79 Å². The number of rotatable bonds is 6. The lowest BCUT2D eigenvalue weighted by molar-refractivity contribution is -0.120. The topological polar surface area (TPSA) is 72.9 Å². The highest BCUT2D eigenvalue weighted by Gasteiger charge is 2.13. The number of nitrogens with two attached hydrogens (primary N) is 1. The van der Waals surface area contributed by atoms with Gasteiger partial charge in [0, 0.05) is 12.7 Å². The van der Waals surface area contributed by atoms with E-state index in [0.29, 0.717) is 12.5 Å². The van der Waals surface area contributed by atoms with Crippen LogP contribution in [0.2, 0.25) is 0 Å². The maximum absolute atomic E-state index is 11.1. The second-order valence-corrected chi connectivity index (χ2v) is 4.40. The largest absolute Gasteiger partial charge is 0.368 e. The number of amides is 1. The van der Waals surface area contributed by atoms with Gasteiger partial charge < -0.3 is 15.6 Å². The van der Waals surface area contributed by atoms with E-state index in [4.69, 9.17) is 5.73 Å². The molecule has 3 N–H and O–H groups in total. The number of hydrogen-bond acceptors (Lipinski definition) is 3. The summed E-state index contributed by atoms with van der Waals surface area (Å²) in [4.78, 5) is 15.1. The Morgan fingerprint density at radius 2 is 2.25 bits per heavy atom. The summed E-state index contributed by atoms with van der Waals surface area (Å²) >= 11 is 0. The van der Waals surface area contributed by atoms with Crippen LogP contribution in [0.5, 0.6) is 0 Å². The lowest BCUT2D eigenvalue weighted by Gasteiger charge is -2.14. The molecule has 1 amide bonds. The predicted molar refractivity (Wildman–Crippen MR) is 62.7 cm³/mol. The lowest BCUT2D eigenvalue weighted by Crippen LogP contribution is -2.27. The molecule has 0 aliphatic heterocycles. The fourth-order valence-corrected chi connectivity index (χ4v) is 1.44. The van der Waals surface area contributed by atoms with E-state index in [-0.39, 0.29) is 11.9 Å².